The molecule has 8 nitrogen and oxygen atoms in total. The number of urea groups is 1. The molecule has 0 spiro atoms. The molecule has 0 unspecified atom stereocenters. The normalized spacial score (nSPS) is 18.6. The van der Waals surface area contributed by atoms with E-state index < -0.39 is 0 Å². The van der Waals surface area contributed by atoms with Gasteiger partial charge in [-0.05, 0) is 35.7 Å². The highest BCUT2D eigenvalue weighted by Gasteiger charge is 2.37. The topological polar surface area (TPSA) is 93.4 Å². The summed E-state index contributed by atoms with van der Waals surface area (Å²) in [6, 6.07) is 11.2. The summed E-state index contributed by atoms with van der Waals surface area (Å²) in [7, 11) is 1.63. The molecular weight excluding hydrogens is 370 g/mol. The highest BCUT2D eigenvalue weighted by atomic mass is 16.5. The predicted molar refractivity (Wildman–Crippen MR) is 106 cm³/mol. The number of pyridine rings is 1. The number of rotatable bonds is 5. The monoisotopic (exact) mass is 393 g/mol. The summed E-state index contributed by atoms with van der Waals surface area (Å²) < 4.78 is 10.7. The first-order valence-corrected chi connectivity index (χ1v) is 9.53. The van der Waals surface area contributed by atoms with Gasteiger partial charge in [0.1, 0.15) is 5.75 Å². The van der Waals surface area contributed by atoms with Gasteiger partial charge in [0, 0.05) is 37.6 Å². The lowest BCUT2D eigenvalue weighted by Gasteiger charge is -2.17. The lowest BCUT2D eigenvalue weighted by molar-refractivity contribution is 0.206. The van der Waals surface area contributed by atoms with Gasteiger partial charge < -0.3 is 19.5 Å². The maximum atomic E-state index is 12.6. The van der Waals surface area contributed by atoms with Crippen molar-refractivity contribution < 1.29 is 14.1 Å². The van der Waals surface area contributed by atoms with E-state index in [0.717, 1.165) is 16.9 Å². The van der Waals surface area contributed by atoms with Crippen LogP contribution in [-0.4, -0.2) is 46.3 Å². The second-order valence-corrected chi connectivity index (χ2v) is 7.19. The maximum Gasteiger partial charge on any atom is 0.317 e. The van der Waals surface area contributed by atoms with Crippen LogP contribution in [0.25, 0.3) is 11.4 Å². The van der Waals surface area contributed by atoms with Crippen LogP contribution in [0.2, 0.25) is 0 Å². The third-order valence-corrected chi connectivity index (χ3v) is 5.20. The fourth-order valence-corrected chi connectivity index (χ4v) is 3.49. The van der Waals surface area contributed by atoms with Crippen LogP contribution in [0, 0.1) is 5.92 Å². The van der Waals surface area contributed by atoms with E-state index in [1.165, 1.54) is 0 Å². The summed E-state index contributed by atoms with van der Waals surface area (Å²) in [5.41, 5.74) is 1.87. The average molecular weight is 393 g/mol. The molecule has 0 aliphatic carbocycles. The quantitative estimate of drug-likeness (QED) is 0.716. The zero-order valence-corrected chi connectivity index (χ0v) is 16.4. The molecule has 0 radical (unpaired) electrons. The van der Waals surface area contributed by atoms with Crippen molar-refractivity contribution in [2.75, 3.05) is 20.2 Å². The van der Waals surface area contributed by atoms with Crippen LogP contribution in [0.3, 0.4) is 0 Å². The predicted octanol–water partition coefficient (Wildman–Crippen LogP) is 3.09. The van der Waals surface area contributed by atoms with E-state index in [4.69, 9.17) is 9.26 Å². The first-order valence-electron chi connectivity index (χ1n) is 9.53. The number of nitrogens with one attached hydrogen (secondary N) is 1. The molecule has 0 saturated carbocycles. The molecule has 1 aliphatic heterocycles. The molecule has 2 amide bonds. The lowest BCUT2D eigenvalue weighted by atomic mass is 9.98. The summed E-state index contributed by atoms with van der Waals surface area (Å²) in [6.07, 6.45) is 3.39. The summed E-state index contributed by atoms with van der Waals surface area (Å²) in [4.78, 5) is 22.9. The number of carbonyl (C=O) groups is 1. The van der Waals surface area contributed by atoms with Crippen LogP contribution in [0.4, 0.5) is 4.79 Å². The van der Waals surface area contributed by atoms with Crippen LogP contribution in [0.1, 0.15) is 24.3 Å². The minimum atomic E-state index is -0.0935. The molecule has 0 bridgehead atoms. The number of nitrogens with zero attached hydrogens (tertiary/aromatic N) is 4. The second-order valence-electron chi connectivity index (χ2n) is 7.19. The first-order chi connectivity index (χ1) is 14.1. The Balaban J connectivity index is 1.36. The van der Waals surface area contributed by atoms with Crippen LogP contribution >= 0.6 is 0 Å². The van der Waals surface area contributed by atoms with Gasteiger partial charge in [-0.25, -0.2) is 4.79 Å². The Morgan fingerprint density at radius 1 is 1.21 bits per heavy atom. The van der Waals surface area contributed by atoms with Crippen molar-refractivity contribution in [3.05, 3.63) is 60.2 Å². The van der Waals surface area contributed by atoms with E-state index >= 15 is 0 Å². The van der Waals surface area contributed by atoms with Gasteiger partial charge in [-0.15, -0.1) is 0 Å². The smallest absolute Gasteiger partial charge is 0.317 e. The van der Waals surface area contributed by atoms with Crippen LogP contribution < -0.4 is 10.1 Å². The molecule has 1 aliphatic rings. The SMILES string of the molecule is COc1ccc(CNC(=O)N2C[C@H](c3nc(-c4ccncc4)no3)[C@@H](C)C2)cc1. The van der Waals surface area contributed by atoms with Crippen molar-refractivity contribution in [2.45, 2.75) is 19.4 Å². The molecule has 4 rings (SSSR count). The van der Waals surface area contributed by atoms with E-state index in [9.17, 15) is 4.79 Å². The Kier molecular flexibility index (Phi) is 5.41. The number of methoxy groups -OCH3 is 1. The van der Waals surface area contributed by atoms with Crippen molar-refractivity contribution in [3.8, 4) is 17.1 Å². The molecule has 3 aromatic rings. The molecule has 1 fully saturated rings. The fraction of sp³-hybridized carbons (Fsp3) is 0.333. The zero-order valence-electron chi connectivity index (χ0n) is 16.4. The van der Waals surface area contributed by atoms with E-state index in [-0.39, 0.29) is 17.9 Å². The number of aromatic nitrogens is 3. The molecule has 2 atom stereocenters. The highest BCUT2D eigenvalue weighted by Crippen LogP contribution is 2.32. The van der Waals surface area contributed by atoms with Gasteiger partial charge in [0.15, 0.2) is 0 Å². The second kappa shape index (κ2) is 8.30. The van der Waals surface area contributed by atoms with E-state index in [2.05, 4.69) is 27.4 Å². The zero-order chi connectivity index (χ0) is 20.2. The highest BCUT2D eigenvalue weighted by molar-refractivity contribution is 5.74. The average Bonchev–Trinajstić information content (AvgIpc) is 3.40. The largest absolute Gasteiger partial charge is 0.497 e. The molecule has 8 heteroatoms. The van der Waals surface area contributed by atoms with Crippen LogP contribution in [0.5, 0.6) is 5.75 Å². The van der Waals surface area contributed by atoms with Crippen LogP contribution in [-0.2, 0) is 6.54 Å². The number of amides is 2. The van der Waals surface area contributed by atoms with E-state index in [0.29, 0.717) is 31.3 Å². The maximum absolute atomic E-state index is 12.6. The van der Waals surface area contributed by atoms with Gasteiger partial charge in [0.2, 0.25) is 11.7 Å². The van der Waals surface area contributed by atoms with Crippen molar-refractivity contribution in [1.29, 1.82) is 0 Å². The molecule has 1 saturated heterocycles. The van der Waals surface area contributed by atoms with Crippen molar-refractivity contribution in [2.24, 2.45) is 5.92 Å². The van der Waals surface area contributed by atoms with Gasteiger partial charge in [0.05, 0.1) is 13.0 Å². The summed E-state index contributed by atoms with van der Waals surface area (Å²) in [5, 5.41) is 7.06. The van der Waals surface area contributed by atoms with Gasteiger partial charge in [-0.2, -0.15) is 4.98 Å². The minimum Gasteiger partial charge on any atom is -0.497 e. The molecule has 150 valence electrons. The van der Waals surface area contributed by atoms with Crippen molar-refractivity contribution >= 4 is 6.03 Å². The van der Waals surface area contributed by atoms with Gasteiger partial charge in [0.25, 0.3) is 0 Å². The van der Waals surface area contributed by atoms with Crippen molar-refractivity contribution in [3.63, 3.8) is 0 Å². The number of carbonyl (C=O) groups excluding carboxylic acids is 1. The summed E-state index contributed by atoms with van der Waals surface area (Å²) in [5.74, 6) is 2.14. The van der Waals surface area contributed by atoms with Crippen molar-refractivity contribution in [1.82, 2.24) is 25.3 Å². The summed E-state index contributed by atoms with van der Waals surface area (Å²) >= 11 is 0. The fourth-order valence-electron chi connectivity index (χ4n) is 3.49. The Labute approximate surface area is 168 Å². The molecule has 1 aromatic carbocycles. The van der Waals surface area contributed by atoms with Gasteiger partial charge >= 0.3 is 6.03 Å². The van der Waals surface area contributed by atoms with Crippen LogP contribution in [0.15, 0.2) is 53.3 Å². The molecule has 2 aromatic heterocycles. The third-order valence-electron chi connectivity index (χ3n) is 5.20. The molecule has 3 heterocycles. The first kappa shape index (κ1) is 18.9. The van der Waals surface area contributed by atoms with E-state index in [1.807, 2.05) is 36.4 Å². The molecule has 1 N–H and O–H groups in total. The third kappa shape index (κ3) is 4.21. The number of hydrogen-bond acceptors (Lipinski definition) is 6. The van der Waals surface area contributed by atoms with Gasteiger partial charge in [-0.3, -0.25) is 4.98 Å². The summed E-state index contributed by atoms with van der Waals surface area (Å²) in [6.45, 7) is 3.75. The van der Waals surface area contributed by atoms with Gasteiger partial charge in [-0.1, -0.05) is 24.2 Å². The molecular formula is C21H23N5O3. The van der Waals surface area contributed by atoms with E-state index in [1.54, 1.807) is 24.4 Å². The molecule has 29 heavy (non-hydrogen) atoms. The Morgan fingerprint density at radius 2 is 1.97 bits per heavy atom. The Hall–Kier alpha value is -3.42. The Morgan fingerprint density at radius 3 is 2.69 bits per heavy atom. The number of benzene rings is 1. The number of ether oxygens (including phenoxy) is 1. The lowest BCUT2D eigenvalue weighted by Crippen LogP contribution is -2.38. The number of hydrogen-bond donors (Lipinski definition) is 1. The number of likely N-dealkylation sites (tertiary alicyclic amines) is 1. The minimum absolute atomic E-state index is 0.0184. The standard InChI is InChI=1S/C21H23N5O3/c1-14-12-26(21(27)23-11-15-3-5-17(28-2)6-4-15)13-18(14)20-24-19(25-29-20)16-7-9-22-10-8-16/h3-10,14,18H,11-13H2,1-2H3,(H,23,27)/t14-,18-/m0/s1. The Bertz CT molecular complexity index is 958.